The zero-order valence-electron chi connectivity index (χ0n) is 13.6. The number of imidazole rings is 1. The van der Waals surface area contributed by atoms with Gasteiger partial charge in [0.2, 0.25) is 0 Å². The topological polar surface area (TPSA) is 63.5 Å². The minimum Gasteiger partial charge on any atom is -0.346 e. The Kier molecular flexibility index (Phi) is 3.26. The van der Waals surface area contributed by atoms with Gasteiger partial charge in [0, 0.05) is 34.5 Å². The van der Waals surface area contributed by atoms with Crippen LogP contribution in [0.3, 0.4) is 0 Å². The SMILES string of the molecule is O=C(NCc1cn2ccsc2n1)c1ccc2c(c1)C(=O)c1ccccc1-2. The minimum absolute atomic E-state index is 0.0282. The van der Waals surface area contributed by atoms with Gasteiger partial charge in [-0.05, 0) is 23.3 Å². The van der Waals surface area contributed by atoms with Crippen LogP contribution in [-0.4, -0.2) is 21.1 Å². The second-order valence-corrected chi connectivity index (χ2v) is 7.02. The number of ketones is 1. The molecular weight excluding hydrogens is 346 g/mol. The Morgan fingerprint density at radius 1 is 1.08 bits per heavy atom. The van der Waals surface area contributed by atoms with Crippen molar-refractivity contribution in [1.29, 1.82) is 0 Å². The van der Waals surface area contributed by atoms with Crippen LogP contribution in [0.1, 0.15) is 32.0 Å². The van der Waals surface area contributed by atoms with E-state index in [-0.39, 0.29) is 11.7 Å². The third-order valence-corrected chi connectivity index (χ3v) is 5.33. The summed E-state index contributed by atoms with van der Waals surface area (Å²) >= 11 is 1.55. The van der Waals surface area contributed by atoms with Crippen LogP contribution in [0.5, 0.6) is 0 Å². The fourth-order valence-electron chi connectivity index (χ4n) is 3.30. The second kappa shape index (κ2) is 5.64. The molecule has 1 amide bonds. The van der Waals surface area contributed by atoms with Crippen molar-refractivity contribution < 1.29 is 9.59 Å². The smallest absolute Gasteiger partial charge is 0.251 e. The summed E-state index contributed by atoms with van der Waals surface area (Å²) < 4.78 is 1.93. The third kappa shape index (κ3) is 2.27. The molecule has 0 unspecified atom stereocenters. The molecule has 0 saturated heterocycles. The van der Waals surface area contributed by atoms with Gasteiger partial charge in [-0.25, -0.2) is 4.98 Å². The van der Waals surface area contributed by atoms with Gasteiger partial charge in [-0.2, -0.15) is 0 Å². The van der Waals surface area contributed by atoms with Crippen LogP contribution in [0.25, 0.3) is 16.1 Å². The Morgan fingerprint density at radius 3 is 2.73 bits per heavy atom. The largest absolute Gasteiger partial charge is 0.346 e. The van der Waals surface area contributed by atoms with Crippen molar-refractivity contribution in [2.45, 2.75) is 6.54 Å². The molecule has 2 heterocycles. The Balaban J connectivity index is 1.38. The van der Waals surface area contributed by atoms with Crippen LogP contribution in [-0.2, 0) is 6.54 Å². The number of benzene rings is 2. The van der Waals surface area contributed by atoms with Crippen LogP contribution in [0.15, 0.2) is 60.2 Å². The predicted octanol–water partition coefficient (Wildman–Crippen LogP) is 3.54. The zero-order chi connectivity index (χ0) is 17.7. The number of nitrogens with zero attached hydrogens (tertiary/aromatic N) is 2. The summed E-state index contributed by atoms with van der Waals surface area (Å²) in [7, 11) is 0. The lowest BCUT2D eigenvalue weighted by molar-refractivity contribution is 0.0950. The van der Waals surface area contributed by atoms with E-state index in [0.717, 1.165) is 21.8 Å². The van der Waals surface area contributed by atoms with Gasteiger partial charge in [-0.15, -0.1) is 11.3 Å². The lowest BCUT2D eigenvalue weighted by Crippen LogP contribution is -2.23. The molecule has 0 atom stereocenters. The summed E-state index contributed by atoms with van der Waals surface area (Å²) in [5.74, 6) is -0.243. The summed E-state index contributed by atoms with van der Waals surface area (Å²) in [6, 6.07) is 12.8. The first kappa shape index (κ1) is 15.0. The number of fused-ring (bicyclic) bond motifs is 4. The zero-order valence-corrected chi connectivity index (χ0v) is 14.4. The molecule has 4 aromatic rings. The molecule has 1 N–H and O–H groups in total. The van der Waals surface area contributed by atoms with E-state index in [1.165, 1.54) is 0 Å². The number of thiazole rings is 1. The highest BCUT2D eigenvalue weighted by atomic mass is 32.1. The van der Waals surface area contributed by atoms with Gasteiger partial charge in [0.15, 0.2) is 10.7 Å². The van der Waals surface area contributed by atoms with Crippen molar-refractivity contribution in [3.63, 3.8) is 0 Å². The predicted molar refractivity (Wildman–Crippen MR) is 99.5 cm³/mol. The van der Waals surface area contributed by atoms with Crippen LogP contribution >= 0.6 is 11.3 Å². The molecule has 0 radical (unpaired) electrons. The van der Waals surface area contributed by atoms with Crippen LogP contribution in [0, 0.1) is 0 Å². The summed E-state index contributed by atoms with van der Waals surface area (Å²) in [5, 5.41) is 4.83. The van der Waals surface area contributed by atoms with E-state index in [9.17, 15) is 9.59 Å². The molecule has 6 heteroatoms. The summed E-state index contributed by atoms with van der Waals surface area (Å²) in [4.78, 5) is 30.4. The fourth-order valence-corrected chi connectivity index (χ4v) is 4.02. The number of hydrogen-bond acceptors (Lipinski definition) is 4. The molecule has 0 fully saturated rings. The normalized spacial score (nSPS) is 12.2. The quantitative estimate of drug-likeness (QED) is 0.536. The number of rotatable bonds is 3. The average Bonchev–Trinajstić information content (AvgIpc) is 3.33. The van der Waals surface area contributed by atoms with E-state index < -0.39 is 0 Å². The molecule has 1 aliphatic carbocycles. The molecular formula is C20H13N3O2S. The lowest BCUT2D eigenvalue weighted by Gasteiger charge is -2.05. The van der Waals surface area contributed by atoms with Gasteiger partial charge < -0.3 is 5.32 Å². The van der Waals surface area contributed by atoms with Gasteiger partial charge in [0.05, 0.1) is 12.2 Å². The molecule has 0 spiro atoms. The third-order valence-electron chi connectivity index (χ3n) is 4.56. The first-order valence-electron chi connectivity index (χ1n) is 8.18. The highest BCUT2D eigenvalue weighted by Gasteiger charge is 2.26. The number of carbonyl (C=O) groups excluding carboxylic acids is 2. The van der Waals surface area contributed by atoms with Gasteiger partial charge in [0.25, 0.3) is 5.91 Å². The molecule has 5 rings (SSSR count). The molecule has 0 bridgehead atoms. The highest BCUT2D eigenvalue weighted by molar-refractivity contribution is 7.15. The van der Waals surface area contributed by atoms with Crippen molar-refractivity contribution >= 4 is 28.0 Å². The van der Waals surface area contributed by atoms with E-state index in [0.29, 0.717) is 23.2 Å². The number of nitrogens with one attached hydrogen (secondary N) is 1. The Labute approximate surface area is 152 Å². The van der Waals surface area contributed by atoms with Gasteiger partial charge in [-0.1, -0.05) is 30.3 Å². The maximum absolute atomic E-state index is 12.6. The maximum atomic E-state index is 12.6. The monoisotopic (exact) mass is 359 g/mol. The molecule has 5 nitrogen and oxygen atoms in total. The first-order chi connectivity index (χ1) is 12.7. The Morgan fingerprint density at radius 2 is 1.88 bits per heavy atom. The Hall–Kier alpha value is -3.25. The lowest BCUT2D eigenvalue weighted by atomic mass is 10.0. The fraction of sp³-hybridized carbons (Fsp3) is 0.0500. The number of amides is 1. The van der Waals surface area contributed by atoms with Crippen molar-refractivity contribution in [2.75, 3.05) is 0 Å². The van der Waals surface area contributed by atoms with Crippen molar-refractivity contribution in [3.8, 4) is 11.1 Å². The van der Waals surface area contributed by atoms with Crippen molar-refractivity contribution in [3.05, 3.63) is 82.6 Å². The molecule has 26 heavy (non-hydrogen) atoms. The molecule has 126 valence electrons. The van der Waals surface area contributed by atoms with E-state index in [1.54, 1.807) is 23.5 Å². The van der Waals surface area contributed by atoms with Crippen LogP contribution in [0.2, 0.25) is 0 Å². The van der Waals surface area contributed by atoms with Crippen molar-refractivity contribution in [1.82, 2.24) is 14.7 Å². The van der Waals surface area contributed by atoms with E-state index in [2.05, 4.69) is 10.3 Å². The van der Waals surface area contributed by atoms with E-state index in [1.807, 2.05) is 52.5 Å². The molecule has 2 aromatic heterocycles. The van der Waals surface area contributed by atoms with Crippen LogP contribution < -0.4 is 5.32 Å². The van der Waals surface area contributed by atoms with E-state index >= 15 is 0 Å². The van der Waals surface area contributed by atoms with Crippen LogP contribution in [0.4, 0.5) is 0 Å². The first-order valence-corrected chi connectivity index (χ1v) is 9.06. The van der Waals surface area contributed by atoms with Gasteiger partial charge in [0.1, 0.15) is 0 Å². The Bertz CT molecular complexity index is 1160. The maximum Gasteiger partial charge on any atom is 0.251 e. The second-order valence-electron chi connectivity index (χ2n) is 6.14. The molecule has 0 aliphatic heterocycles. The minimum atomic E-state index is -0.215. The molecule has 1 aliphatic rings. The standard InChI is InChI=1S/C20H13N3O2S/c24-18-16-4-2-1-3-14(16)15-6-5-12(9-17(15)18)19(25)21-10-13-11-23-7-8-26-20(23)22-13/h1-9,11H,10H2,(H,21,25). The number of aromatic nitrogens is 2. The van der Waals surface area contributed by atoms with Gasteiger partial charge in [-0.3, -0.25) is 14.0 Å². The number of hydrogen-bond donors (Lipinski definition) is 1. The van der Waals surface area contributed by atoms with Gasteiger partial charge >= 0.3 is 0 Å². The number of carbonyl (C=O) groups is 2. The molecule has 0 saturated carbocycles. The van der Waals surface area contributed by atoms with Crippen molar-refractivity contribution in [2.24, 2.45) is 0 Å². The molecule has 2 aromatic carbocycles. The average molecular weight is 359 g/mol. The highest BCUT2D eigenvalue weighted by Crippen LogP contribution is 2.36. The van der Waals surface area contributed by atoms with E-state index in [4.69, 9.17) is 0 Å². The summed E-state index contributed by atoms with van der Waals surface area (Å²) in [5.41, 5.74) is 4.37. The summed E-state index contributed by atoms with van der Waals surface area (Å²) in [6.45, 7) is 0.346. The summed E-state index contributed by atoms with van der Waals surface area (Å²) in [6.07, 6.45) is 3.83.